The van der Waals surface area contributed by atoms with Crippen molar-refractivity contribution in [1.82, 2.24) is 5.32 Å². The molecule has 0 heterocycles. The Morgan fingerprint density at radius 3 is 2.10 bits per heavy atom. The fourth-order valence-electron chi connectivity index (χ4n) is 0.638. The van der Waals surface area contributed by atoms with Gasteiger partial charge in [-0.25, -0.2) is 0 Å². The molecule has 0 fully saturated rings. The van der Waals surface area contributed by atoms with Crippen molar-refractivity contribution in [2.24, 2.45) is 0 Å². The monoisotopic (exact) mass is 148 g/mol. The van der Waals surface area contributed by atoms with Gasteiger partial charge in [0.2, 0.25) is 0 Å². The molecule has 4 heteroatoms. The van der Waals surface area contributed by atoms with Gasteiger partial charge in [-0.05, 0) is 14.0 Å². The standard InChI is InChI=1S/C6H14NO3/c1-4(9)6(10)5(3-8)7-2/h4-10H,1,3H2,2H3. The molecule has 0 saturated carbocycles. The first-order valence-corrected chi connectivity index (χ1v) is 3.10. The Bertz CT molecular complexity index is 83.1. The van der Waals surface area contributed by atoms with Crippen molar-refractivity contribution >= 4 is 0 Å². The smallest absolute Gasteiger partial charge is 0.0973 e. The molecule has 0 aliphatic carbocycles. The van der Waals surface area contributed by atoms with Crippen molar-refractivity contribution in [3.8, 4) is 0 Å². The summed E-state index contributed by atoms with van der Waals surface area (Å²) in [6.45, 7) is 2.99. The van der Waals surface area contributed by atoms with E-state index >= 15 is 0 Å². The number of rotatable bonds is 4. The van der Waals surface area contributed by atoms with Gasteiger partial charge in [0.15, 0.2) is 0 Å². The van der Waals surface area contributed by atoms with Gasteiger partial charge in [0.25, 0.3) is 0 Å². The third-order valence-electron chi connectivity index (χ3n) is 1.37. The van der Waals surface area contributed by atoms with E-state index in [0.29, 0.717) is 0 Å². The number of aliphatic hydroxyl groups is 3. The quantitative estimate of drug-likeness (QED) is 0.376. The van der Waals surface area contributed by atoms with Crippen LogP contribution in [0, 0.1) is 6.92 Å². The van der Waals surface area contributed by atoms with E-state index in [1.54, 1.807) is 7.05 Å². The van der Waals surface area contributed by atoms with Crippen LogP contribution in [0.4, 0.5) is 0 Å². The highest BCUT2D eigenvalue weighted by Crippen LogP contribution is 1.97. The molecule has 3 atom stereocenters. The molecule has 0 amide bonds. The van der Waals surface area contributed by atoms with Crippen LogP contribution in [0.2, 0.25) is 0 Å². The van der Waals surface area contributed by atoms with Gasteiger partial charge >= 0.3 is 0 Å². The maximum absolute atomic E-state index is 9.05. The highest BCUT2D eigenvalue weighted by atomic mass is 16.3. The highest BCUT2D eigenvalue weighted by Gasteiger charge is 2.20. The summed E-state index contributed by atoms with van der Waals surface area (Å²) < 4.78 is 0. The predicted octanol–water partition coefficient (Wildman–Crippen LogP) is -1.88. The number of nitrogens with one attached hydrogen (secondary N) is 1. The lowest BCUT2D eigenvalue weighted by Gasteiger charge is -2.22. The van der Waals surface area contributed by atoms with Gasteiger partial charge in [0.1, 0.15) is 0 Å². The number of likely N-dealkylation sites (N-methyl/N-ethyl adjacent to an activating group) is 1. The second-order valence-electron chi connectivity index (χ2n) is 2.14. The van der Waals surface area contributed by atoms with E-state index in [1.807, 2.05) is 0 Å². The van der Waals surface area contributed by atoms with Gasteiger partial charge in [-0.2, -0.15) is 0 Å². The van der Waals surface area contributed by atoms with Gasteiger partial charge in [0, 0.05) is 0 Å². The van der Waals surface area contributed by atoms with Crippen molar-refractivity contribution < 1.29 is 15.3 Å². The van der Waals surface area contributed by atoms with E-state index in [2.05, 4.69) is 12.2 Å². The minimum absolute atomic E-state index is 0.218. The van der Waals surface area contributed by atoms with Gasteiger partial charge in [0.05, 0.1) is 24.9 Å². The van der Waals surface area contributed by atoms with E-state index in [-0.39, 0.29) is 6.61 Å². The van der Waals surface area contributed by atoms with Crippen LogP contribution in [0.5, 0.6) is 0 Å². The van der Waals surface area contributed by atoms with Crippen LogP contribution in [0.25, 0.3) is 0 Å². The lowest BCUT2D eigenvalue weighted by atomic mass is 10.1. The van der Waals surface area contributed by atoms with Crippen LogP contribution >= 0.6 is 0 Å². The van der Waals surface area contributed by atoms with Crippen molar-refractivity contribution in [2.45, 2.75) is 18.2 Å². The number of aliphatic hydroxyl groups excluding tert-OH is 3. The van der Waals surface area contributed by atoms with E-state index in [1.165, 1.54) is 0 Å². The molecule has 0 aromatic carbocycles. The lowest BCUT2D eigenvalue weighted by Crippen LogP contribution is -2.46. The van der Waals surface area contributed by atoms with Crippen LogP contribution in [0.3, 0.4) is 0 Å². The first-order chi connectivity index (χ1) is 4.63. The summed E-state index contributed by atoms with van der Waals surface area (Å²) in [7, 11) is 1.59. The van der Waals surface area contributed by atoms with Crippen molar-refractivity contribution in [3.63, 3.8) is 0 Å². The van der Waals surface area contributed by atoms with E-state index < -0.39 is 18.2 Å². The van der Waals surface area contributed by atoms with Gasteiger partial charge in [-0.1, -0.05) is 0 Å². The zero-order chi connectivity index (χ0) is 8.15. The number of hydrogen-bond donors (Lipinski definition) is 4. The summed E-state index contributed by atoms with van der Waals surface area (Å²) in [5.41, 5.74) is 0. The predicted molar refractivity (Wildman–Crippen MR) is 37.3 cm³/mol. The van der Waals surface area contributed by atoms with Crippen LogP contribution < -0.4 is 5.32 Å². The fourth-order valence-corrected chi connectivity index (χ4v) is 0.638. The Kier molecular flexibility index (Phi) is 4.55. The molecule has 0 rings (SSSR count). The Labute approximate surface area is 60.5 Å². The van der Waals surface area contributed by atoms with Gasteiger partial charge in [-0.3, -0.25) is 0 Å². The number of hydrogen-bond acceptors (Lipinski definition) is 4. The summed E-state index contributed by atoms with van der Waals surface area (Å²) in [5.74, 6) is 0. The van der Waals surface area contributed by atoms with Crippen molar-refractivity contribution in [1.29, 1.82) is 0 Å². The zero-order valence-electron chi connectivity index (χ0n) is 5.99. The molecular formula is C6H14NO3. The summed E-state index contributed by atoms with van der Waals surface area (Å²) in [4.78, 5) is 0. The molecule has 0 aromatic rings. The normalized spacial score (nSPS) is 20.1. The molecule has 1 radical (unpaired) electrons. The Morgan fingerprint density at radius 1 is 1.50 bits per heavy atom. The minimum atomic E-state index is -1.07. The topological polar surface area (TPSA) is 72.7 Å². The SMILES string of the molecule is [CH2]C(O)C(O)C(CO)NC. The summed E-state index contributed by atoms with van der Waals surface area (Å²) in [6, 6.07) is -0.507. The van der Waals surface area contributed by atoms with Gasteiger partial charge in [-0.15, -0.1) is 0 Å². The maximum Gasteiger partial charge on any atom is 0.0973 e. The molecule has 0 aliphatic heterocycles. The molecule has 4 nitrogen and oxygen atoms in total. The molecule has 61 valence electrons. The molecule has 0 bridgehead atoms. The summed E-state index contributed by atoms with van der Waals surface area (Å²) in [5, 5.41) is 29.0. The van der Waals surface area contributed by atoms with E-state index in [4.69, 9.17) is 15.3 Å². The molecule has 0 aromatic heterocycles. The highest BCUT2D eigenvalue weighted by molar-refractivity contribution is 4.80. The molecule has 0 aliphatic rings. The minimum Gasteiger partial charge on any atom is -0.395 e. The Balaban J connectivity index is 3.76. The van der Waals surface area contributed by atoms with Gasteiger partial charge < -0.3 is 20.6 Å². The molecule has 4 N–H and O–H groups in total. The zero-order valence-corrected chi connectivity index (χ0v) is 5.99. The van der Waals surface area contributed by atoms with E-state index in [0.717, 1.165) is 0 Å². The van der Waals surface area contributed by atoms with Crippen LogP contribution in [-0.2, 0) is 0 Å². The van der Waals surface area contributed by atoms with Crippen molar-refractivity contribution in [3.05, 3.63) is 6.92 Å². The van der Waals surface area contributed by atoms with Crippen LogP contribution in [0.15, 0.2) is 0 Å². The largest absolute Gasteiger partial charge is 0.395 e. The molecular weight excluding hydrogens is 134 g/mol. The Hall–Kier alpha value is -0.160. The fraction of sp³-hybridized carbons (Fsp3) is 0.833. The lowest BCUT2D eigenvalue weighted by molar-refractivity contribution is 0.00744. The van der Waals surface area contributed by atoms with Crippen LogP contribution in [-0.4, -0.2) is 47.2 Å². The molecule has 0 saturated heterocycles. The van der Waals surface area contributed by atoms with Crippen molar-refractivity contribution in [2.75, 3.05) is 13.7 Å². The third kappa shape index (κ3) is 2.62. The third-order valence-corrected chi connectivity index (χ3v) is 1.37. The molecule has 10 heavy (non-hydrogen) atoms. The average Bonchev–Trinajstić information content (AvgIpc) is 1.90. The average molecular weight is 148 g/mol. The summed E-state index contributed by atoms with van der Waals surface area (Å²) >= 11 is 0. The Morgan fingerprint density at radius 2 is 2.00 bits per heavy atom. The second kappa shape index (κ2) is 4.62. The maximum atomic E-state index is 9.05. The van der Waals surface area contributed by atoms with E-state index in [9.17, 15) is 0 Å². The first-order valence-electron chi connectivity index (χ1n) is 3.10. The van der Waals surface area contributed by atoms with Crippen LogP contribution in [0.1, 0.15) is 0 Å². The second-order valence-corrected chi connectivity index (χ2v) is 2.14. The molecule has 0 spiro atoms. The molecule has 3 unspecified atom stereocenters. The summed E-state index contributed by atoms with van der Waals surface area (Å²) in [6.07, 6.45) is -2.08. The first kappa shape index (κ1) is 9.84.